The Morgan fingerprint density at radius 2 is 2.10 bits per heavy atom. The predicted molar refractivity (Wildman–Crippen MR) is 95.9 cm³/mol. The topological polar surface area (TPSA) is 24.9 Å². The lowest BCUT2D eigenvalue weighted by Gasteiger charge is -2.27. The Balaban J connectivity index is 1.72. The SMILES string of the molecule is CSC1(CNCc2ccc(Br)c3cccnc23)CCCC1. The molecule has 0 atom stereocenters. The molecule has 2 nitrogen and oxygen atoms in total. The largest absolute Gasteiger partial charge is 0.311 e. The zero-order valence-corrected chi connectivity index (χ0v) is 14.8. The van der Waals surface area contributed by atoms with Crippen LogP contribution in [-0.2, 0) is 6.54 Å². The van der Waals surface area contributed by atoms with Crippen LogP contribution in [0.1, 0.15) is 31.2 Å². The molecule has 1 aromatic heterocycles. The van der Waals surface area contributed by atoms with Gasteiger partial charge in [-0.3, -0.25) is 4.98 Å². The van der Waals surface area contributed by atoms with E-state index in [4.69, 9.17) is 0 Å². The fourth-order valence-electron chi connectivity index (χ4n) is 3.24. The van der Waals surface area contributed by atoms with E-state index in [0.29, 0.717) is 4.75 Å². The number of aromatic nitrogens is 1. The van der Waals surface area contributed by atoms with Gasteiger partial charge < -0.3 is 5.32 Å². The van der Waals surface area contributed by atoms with E-state index in [-0.39, 0.29) is 0 Å². The first-order valence-corrected chi connectivity index (χ1v) is 9.54. The second kappa shape index (κ2) is 6.67. The van der Waals surface area contributed by atoms with Crippen molar-refractivity contribution in [1.82, 2.24) is 10.3 Å². The molecule has 3 rings (SSSR count). The molecule has 0 amide bonds. The Hall–Kier alpha value is -0.580. The number of nitrogens with one attached hydrogen (secondary N) is 1. The van der Waals surface area contributed by atoms with Crippen molar-refractivity contribution in [1.29, 1.82) is 0 Å². The molecule has 0 saturated heterocycles. The highest BCUT2D eigenvalue weighted by Gasteiger charge is 2.32. The molecule has 1 aromatic carbocycles. The number of pyridine rings is 1. The number of rotatable bonds is 5. The molecule has 0 aliphatic heterocycles. The van der Waals surface area contributed by atoms with Crippen molar-refractivity contribution >= 4 is 38.6 Å². The average molecular weight is 365 g/mol. The minimum absolute atomic E-state index is 0.457. The van der Waals surface area contributed by atoms with Crippen LogP contribution in [0.5, 0.6) is 0 Å². The monoisotopic (exact) mass is 364 g/mol. The molecule has 21 heavy (non-hydrogen) atoms. The highest BCUT2D eigenvalue weighted by atomic mass is 79.9. The molecule has 1 saturated carbocycles. The highest BCUT2D eigenvalue weighted by molar-refractivity contribution is 9.10. The quantitative estimate of drug-likeness (QED) is 0.827. The van der Waals surface area contributed by atoms with Gasteiger partial charge in [-0.2, -0.15) is 11.8 Å². The third-order valence-corrected chi connectivity index (χ3v) is 6.62. The van der Waals surface area contributed by atoms with E-state index in [1.807, 2.05) is 24.0 Å². The van der Waals surface area contributed by atoms with Crippen molar-refractivity contribution in [2.45, 2.75) is 37.0 Å². The van der Waals surface area contributed by atoms with Gasteiger partial charge in [0.1, 0.15) is 0 Å². The number of thioether (sulfide) groups is 1. The summed E-state index contributed by atoms with van der Waals surface area (Å²) in [5, 5.41) is 4.86. The smallest absolute Gasteiger partial charge is 0.0758 e. The van der Waals surface area contributed by atoms with Gasteiger partial charge in [-0.05, 0) is 36.8 Å². The van der Waals surface area contributed by atoms with E-state index >= 15 is 0 Å². The van der Waals surface area contributed by atoms with Crippen molar-refractivity contribution in [2.75, 3.05) is 12.8 Å². The Kier molecular flexibility index (Phi) is 4.87. The van der Waals surface area contributed by atoms with E-state index in [0.717, 1.165) is 23.1 Å². The third-order valence-electron chi connectivity index (χ3n) is 4.51. The zero-order chi connectivity index (χ0) is 14.7. The minimum Gasteiger partial charge on any atom is -0.311 e. The first-order chi connectivity index (χ1) is 10.2. The van der Waals surface area contributed by atoms with Crippen LogP contribution in [0.2, 0.25) is 0 Å². The second-order valence-corrected chi connectivity index (χ2v) is 7.93. The lowest BCUT2D eigenvalue weighted by molar-refractivity contribution is 0.534. The van der Waals surface area contributed by atoms with E-state index < -0.39 is 0 Å². The zero-order valence-electron chi connectivity index (χ0n) is 12.4. The van der Waals surface area contributed by atoms with Crippen molar-refractivity contribution in [2.24, 2.45) is 0 Å². The predicted octanol–water partition coefficient (Wildman–Crippen LogP) is 4.76. The van der Waals surface area contributed by atoms with Crippen LogP contribution in [0.15, 0.2) is 34.9 Å². The summed E-state index contributed by atoms with van der Waals surface area (Å²) in [5.74, 6) is 0. The fraction of sp³-hybridized carbons (Fsp3) is 0.471. The van der Waals surface area contributed by atoms with Gasteiger partial charge in [0.2, 0.25) is 0 Å². The summed E-state index contributed by atoms with van der Waals surface area (Å²) in [6, 6.07) is 8.41. The second-order valence-electron chi connectivity index (χ2n) is 5.80. The Morgan fingerprint density at radius 3 is 2.86 bits per heavy atom. The van der Waals surface area contributed by atoms with Crippen molar-refractivity contribution < 1.29 is 0 Å². The lowest BCUT2D eigenvalue weighted by atomic mass is 10.1. The van der Waals surface area contributed by atoms with Gasteiger partial charge >= 0.3 is 0 Å². The fourth-order valence-corrected chi connectivity index (χ4v) is 4.63. The van der Waals surface area contributed by atoms with Crippen molar-refractivity contribution in [3.05, 3.63) is 40.5 Å². The maximum absolute atomic E-state index is 4.55. The molecule has 1 aliphatic carbocycles. The van der Waals surface area contributed by atoms with E-state index in [1.54, 1.807) is 0 Å². The summed E-state index contributed by atoms with van der Waals surface area (Å²) >= 11 is 5.64. The van der Waals surface area contributed by atoms with Crippen molar-refractivity contribution in [3.63, 3.8) is 0 Å². The number of fused-ring (bicyclic) bond motifs is 1. The Labute approximate surface area is 139 Å². The van der Waals surface area contributed by atoms with Gasteiger partial charge in [0.15, 0.2) is 0 Å². The normalized spacial score (nSPS) is 17.4. The van der Waals surface area contributed by atoms with Gasteiger partial charge in [0.25, 0.3) is 0 Å². The van der Waals surface area contributed by atoms with E-state index in [1.165, 1.54) is 36.6 Å². The summed E-state index contributed by atoms with van der Waals surface area (Å²) in [5.41, 5.74) is 2.38. The number of hydrogen-bond donors (Lipinski definition) is 1. The number of benzene rings is 1. The summed E-state index contributed by atoms with van der Waals surface area (Å²) in [4.78, 5) is 4.55. The molecule has 0 radical (unpaired) electrons. The van der Waals surface area contributed by atoms with E-state index in [9.17, 15) is 0 Å². The summed E-state index contributed by atoms with van der Waals surface area (Å²) in [7, 11) is 0. The first-order valence-electron chi connectivity index (χ1n) is 7.52. The third kappa shape index (κ3) is 3.27. The summed E-state index contributed by atoms with van der Waals surface area (Å²) < 4.78 is 1.57. The number of hydrogen-bond acceptors (Lipinski definition) is 3. The first kappa shape index (κ1) is 15.3. The minimum atomic E-state index is 0.457. The van der Waals surface area contributed by atoms with Crippen LogP contribution >= 0.6 is 27.7 Å². The van der Waals surface area contributed by atoms with Gasteiger partial charge in [0.05, 0.1) is 5.52 Å². The molecule has 1 fully saturated rings. The van der Waals surface area contributed by atoms with Gasteiger partial charge in [-0.15, -0.1) is 0 Å². The Morgan fingerprint density at radius 1 is 1.29 bits per heavy atom. The highest BCUT2D eigenvalue weighted by Crippen LogP contribution is 2.39. The van der Waals surface area contributed by atoms with Gasteiger partial charge in [0, 0.05) is 33.9 Å². The van der Waals surface area contributed by atoms with Crippen LogP contribution in [0.4, 0.5) is 0 Å². The average Bonchev–Trinajstić information content (AvgIpc) is 2.99. The summed E-state index contributed by atoms with van der Waals surface area (Å²) in [6.45, 7) is 1.99. The number of halogens is 1. The molecule has 0 unspecified atom stereocenters. The lowest BCUT2D eigenvalue weighted by Crippen LogP contribution is -2.34. The van der Waals surface area contributed by atoms with Gasteiger partial charge in [-0.25, -0.2) is 0 Å². The maximum atomic E-state index is 4.55. The van der Waals surface area contributed by atoms with Crippen LogP contribution in [0.3, 0.4) is 0 Å². The number of nitrogens with zero attached hydrogens (tertiary/aromatic N) is 1. The molecule has 1 heterocycles. The molecule has 4 heteroatoms. The molecule has 112 valence electrons. The standard InChI is InChI=1S/C17H21BrN2S/c1-21-17(8-2-3-9-17)12-19-11-13-6-7-15(18)14-5-4-10-20-16(13)14/h4-7,10,19H,2-3,8-9,11-12H2,1H3. The molecule has 2 aromatic rings. The van der Waals surface area contributed by atoms with Crippen LogP contribution < -0.4 is 5.32 Å². The van der Waals surface area contributed by atoms with Crippen molar-refractivity contribution in [3.8, 4) is 0 Å². The molecule has 0 bridgehead atoms. The summed E-state index contributed by atoms with van der Waals surface area (Å²) in [6.07, 6.45) is 9.58. The van der Waals surface area contributed by atoms with Crippen LogP contribution in [0, 0.1) is 0 Å². The molecular weight excluding hydrogens is 344 g/mol. The maximum Gasteiger partial charge on any atom is 0.0758 e. The molecular formula is C17H21BrN2S. The molecule has 1 aliphatic rings. The molecule has 1 N–H and O–H groups in total. The van der Waals surface area contributed by atoms with Gasteiger partial charge in [-0.1, -0.05) is 40.9 Å². The van der Waals surface area contributed by atoms with Crippen LogP contribution in [-0.4, -0.2) is 22.5 Å². The van der Waals surface area contributed by atoms with Crippen LogP contribution in [0.25, 0.3) is 10.9 Å². The van der Waals surface area contributed by atoms with E-state index in [2.05, 4.69) is 50.7 Å². The molecule has 0 spiro atoms. The Bertz CT molecular complexity index is 623.